The van der Waals surface area contributed by atoms with Crippen molar-refractivity contribution in [3.8, 4) is 0 Å². The Kier molecular flexibility index (Phi) is 6.78. The first kappa shape index (κ1) is 20.3. The second-order valence-corrected chi connectivity index (χ2v) is 6.43. The van der Waals surface area contributed by atoms with Crippen LogP contribution in [0.4, 0.5) is 9.59 Å². The molecule has 8 heteroatoms. The van der Waals surface area contributed by atoms with Crippen LogP contribution in [0.15, 0.2) is 30.3 Å². The lowest BCUT2D eigenvalue weighted by molar-refractivity contribution is -0.149. The van der Waals surface area contributed by atoms with Crippen LogP contribution in [0.3, 0.4) is 0 Å². The van der Waals surface area contributed by atoms with Crippen LogP contribution in [0, 0.1) is 0 Å². The smallest absolute Gasteiger partial charge is 0.409 e. The zero-order chi connectivity index (χ0) is 19.1. The summed E-state index contributed by atoms with van der Waals surface area (Å²) in [5, 5.41) is 4.57. The van der Waals surface area contributed by atoms with E-state index in [1.807, 2.05) is 6.07 Å². The van der Waals surface area contributed by atoms with Crippen LogP contribution >= 0.6 is 0 Å². The summed E-state index contributed by atoms with van der Waals surface area (Å²) in [4.78, 5) is 35.9. The third kappa shape index (κ3) is 7.11. The van der Waals surface area contributed by atoms with Crippen LogP contribution in [0.25, 0.3) is 0 Å². The van der Waals surface area contributed by atoms with Gasteiger partial charge in [0.1, 0.15) is 12.2 Å². The minimum Gasteiger partial charge on any atom is -0.466 e. The third-order valence-corrected chi connectivity index (χ3v) is 2.91. The Bertz CT molecular complexity index is 611. The van der Waals surface area contributed by atoms with Crippen LogP contribution in [-0.2, 0) is 25.6 Å². The zero-order valence-corrected chi connectivity index (χ0v) is 15.0. The van der Waals surface area contributed by atoms with Gasteiger partial charge in [-0.15, -0.1) is 0 Å². The number of benzene rings is 1. The number of alkyl carbamates (subject to hydrolysis) is 2. The summed E-state index contributed by atoms with van der Waals surface area (Å²) in [5.74, 6) is -0.880. The first-order chi connectivity index (χ1) is 11.6. The van der Waals surface area contributed by atoms with Gasteiger partial charge in [-0.1, -0.05) is 30.3 Å². The number of carbonyl (C=O) groups excluding carboxylic acids is 3. The highest BCUT2D eigenvalue weighted by Crippen LogP contribution is 2.10. The summed E-state index contributed by atoms with van der Waals surface area (Å²) in [6.45, 7) is 6.29. The highest BCUT2D eigenvalue weighted by Gasteiger charge is 2.39. The molecule has 1 atom stereocenters. The maximum Gasteiger partial charge on any atom is 0.409 e. The Hall–Kier alpha value is -2.77. The molecule has 0 spiro atoms. The summed E-state index contributed by atoms with van der Waals surface area (Å²) in [6.07, 6.45) is -1.78. The highest BCUT2D eigenvalue weighted by atomic mass is 16.6. The number of hydrogen-bond donors (Lipinski definition) is 2. The number of rotatable bonds is 5. The van der Waals surface area contributed by atoms with Gasteiger partial charge in [-0.2, -0.15) is 0 Å². The van der Waals surface area contributed by atoms with Crippen molar-refractivity contribution in [1.29, 1.82) is 0 Å². The van der Waals surface area contributed by atoms with E-state index in [1.54, 1.807) is 45.0 Å². The number of ether oxygens (including phenoxy) is 3. The predicted molar refractivity (Wildman–Crippen MR) is 89.6 cm³/mol. The van der Waals surface area contributed by atoms with E-state index in [1.165, 1.54) is 6.92 Å². The minimum atomic E-state index is -1.84. The third-order valence-electron chi connectivity index (χ3n) is 2.91. The average Bonchev–Trinajstić information content (AvgIpc) is 2.51. The Morgan fingerprint density at radius 3 is 2.04 bits per heavy atom. The molecule has 138 valence electrons. The Morgan fingerprint density at radius 1 is 0.960 bits per heavy atom. The van der Waals surface area contributed by atoms with E-state index in [2.05, 4.69) is 15.4 Å². The molecule has 0 fully saturated rings. The van der Waals surface area contributed by atoms with Crippen molar-refractivity contribution in [2.24, 2.45) is 0 Å². The molecule has 1 rings (SSSR count). The molecule has 0 unspecified atom stereocenters. The molecule has 2 N–H and O–H groups in total. The first-order valence-corrected chi connectivity index (χ1v) is 7.64. The Balaban J connectivity index is 2.72. The molecule has 0 heterocycles. The molecule has 0 aliphatic rings. The van der Waals surface area contributed by atoms with Crippen molar-refractivity contribution in [2.75, 3.05) is 7.11 Å². The van der Waals surface area contributed by atoms with Gasteiger partial charge in [0.15, 0.2) is 0 Å². The molecule has 0 aliphatic carbocycles. The van der Waals surface area contributed by atoms with Gasteiger partial charge in [0.25, 0.3) is 0 Å². The highest BCUT2D eigenvalue weighted by molar-refractivity contribution is 5.88. The van der Waals surface area contributed by atoms with Gasteiger partial charge in [0.05, 0.1) is 7.11 Å². The summed E-state index contributed by atoms with van der Waals surface area (Å²) in [7, 11) is 1.13. The summed E-state index contributed by atoms with van der Waals surface area (Å²) in [5.41, 5.74) is -1.84. The van der Waals surface area contributed by atoms with Crippen molar-refractivity contribution in [1.82, 2.24) is 10.6 Å². The maximum atomic E-state index is 12.0. The van der Waals surface area contributed by atoms with Crippen LogP contribution < -0.4 is 10.6 Å². The molecule has 0 bridgehead atoms. The van der Waals surface area contributed by atoms with Crippen molar-refractivity contribution in [3.05, 3.63) is 35.9 Å². The lowest BCUT2D eigenvalue weighted by Crippen LogP contribution is -2.64. The van der Waals surface area contributed by atoms with E-state index < -0.39 is 29.4 Å². The zero-order valence-electron chi connectivity index (χ0n) is 15.0. The molecule has 1 aromatic rings. The van der Waals surface area contributed by atoms with Crippen molar-refractivity contribution >= 4 is 18.2 Å². The normalized spacial score (nSPS) is 13.2. The van der Waals surface area contributed by atoms with Gasteiger partial charge < -0.3 is 14.2 Å². The molecule has 0 aromatic heterocycles. The summed E-state index contributed by atoms with van der Waals surface area (Å²) < 4.78 is 14.8. The maximum absolute atomic E-state index is 12.0. The molecule has 0 saturated carbocycles. The lowest BCUT2D eigenvalue weighted by Gasteiger charge is -2.29. The second-order valence-electron chi connectivity index (χ2n) is 6.43. The standard InChI is InChI=1S/C17H24N2O6/c1-16(2,3)25-15(22)19-17(4,13(20)23-5)18-14(21)24-11-12-9-7-6-8-10-12/h6-10H,11H2,1-5H3,(H,18,21)(H,19,22)/t17-/m0/s1. The number of amides is 2. The SMILES string of the molecule is COC(=O)[C@@](C)(NC(=O)OCc1ccccc1)NC(=O)OC(C)(C)C. The van der Waals surface area contributed by atoms with Gasteiger partial charge in [0, 0.05) is 0 Å². The summed E-state index contributed by atoms with van der Waals surface area (Å²) in [6, 6.07) is 9.01. The number of carbonyl (C=O) groups is 3. The van der Waals surface area contributed by atoms with E-state index in [9.17, 15) is 14.4 Å². The van der Waals surface area contributed by atoms with E-state index in [0.29, 0.717) is 0 Å². The largest absolute Gasteiger partial charge is 0.466 e. The topological polar surface area (TPSA) is 103 Å². The fraction of sp³-hybridized carbons (Fsp3) is 0.471. The quantitative estimate of drug-likeness (QED) is 0.479. The number of nitrogens with one attached hydrogen (secondary N) is 2. The van der Waals surface area contributed by atoms with E-state index >= 15 is 0 Å². The first-order valence-electron chi connectivity index (χ1n) is 7.64. The fourth-order valence-corrected chi connectivity index (χ4v) is 1.81. The number of methoxy groups -OCH3 is 1. The van der Waals surface area contributed by atoms with Crippen LogP contribution in [-0.4, -0.2) is 36.5 Å². The Morgan fingerprint density at radius 2 is 1.52 bits per heavy atom. The molecular formula is C17H24N2O6. The number of esters is 1. The molecular weight excluding hydrogens is 328 g/mol. The van der Waals surface area contributed by atoms with E-state index in [0.717, 1.165) is 12.7 Å². The van der Waals surface area contributed by atoms with Crippen molar-refractivity contribution in [2.45, 2.75) is 45.6 Å². The van der Waals surface area contributed by atoms with Crippen LogP contribution in [0.1, 0.15) is 33.3 Å². The Labute approximate surface area is 146 Å². The monoisotopic (exact) mass is 352 g/mol. The molecule has 25 heavy (non-hydrogen) atoms. The van der Waals surface area contributed by atoms with Gasteiger partial charge in [-0.25, -0.2) is 14.4 Å². The fourth-order valence-electron chi connectivity index (χ4n) is 1.81. The lowest BCUT2D eigenvalue weighted by atomic mass is 10.2. The number of hydrogen-bond acceptors (Lipinski definition) is 6. The molecule has 2 amide bonds. The second kappa shape index (κ2) is 8.36. The summed E-state index contributed by atoms with van der Waals surface area (Å²) >= 11 is 0. The molecule has 0 aliphatic heterocycles. The molecule has 0 radical (unpaired) electrons. The van der Waals surface area contributed by atoms with Crippen LogP contribution in [0.5, 0.6) is 0 Å². The predicted octanol–water partition coefficient (Wildman–Crippen LogP) is 2.33. The average molecular weight is 352 g/mol. The molecule has 8 nitrogen and oxygen atoms in total. The van der Waals surface area contributed by atoms with Crippen LogP contribution in [0.2, 0.25) is 0 Å². The van der Waals surface area contributed by atoms with Gasteiger partial charge in [-0.05, 0) is 33.3 Å². The van der Waals surface area contributed by atoms with Gasteiger partial charge in [0.2, 0.25) is 5.66 Å². The van der Waals surface area contributed by atoms with Crippen molar-refractivity contribution < 1.29 is 28.6 Å². The molecule has 1 aromatic carbocycles. The van der Waals surface area contributed by atoms with Crippen molar-refractivity contribution in [3.63, 3.8) is 0 Å². The molecule has 0 saturated heterocycles. The van der Waals surface area contributed by atoms with Gasteiger partial charge >= 0.3 is 18.2 Å². The minimum absolute atomic E-state index is 0.0103. The van der Waals surface area contributed by atoms with E-state index in [-0.39, 0.29) is 6.61 Å². The van der Waals surface area contributed by atoms with Gasteiger partial charge in [-0.3, -0.25) is 10.6 Å². The van der Waals surface area contributed by atoms with E-state index in [4.69, 9.17) is 9.47 Å².